The molecule has 5 heteroatoms. The van der Waals surface area contributed by atoms with Crippen LogP contribution < -0.4 is 5.32 Å². The summed E-state index contributed by atoms with van der Waals surface area (Å²) in [6.07, 6.45) is 0. The average molecular weight is 331 g/mol. The molecule has 17 heavy (non-hydrogen) atoms. The number of carbonyl (C=O) groups is 1. The number of carbonyl (C=O) groups excluding carboxylic acids is 1. The molecule has 0 aliphatic rings. The Morgan fingerprint density at radius 1 is 1.41 bits per heavy atom. The van der Waals surface area contributed by atoms with Gasteiger partial charge in [0.25, 0.3) is 5.91 Å². The van der Waals surface area contributed by atoms with Crippen molar-refractivity contribution in [2.45, 2.75) is 6.54 Å². The fourth-order valence-electron chi connectivity index (χ4n) is 1.36. The molecule has 2 rings (SSSR count). The van der Waals surface area contributed by atoms with E-state index in [2.05, 4.69) is 21.2 Å². The molecule has 0 saturated heterocycles. The Balaban J connectivity index is 2.04. The van der Waals surface area contributed by atoms with Crippen molar-refractivity contribution in [2.24, 2.45) is 0 Å². The molecule has 0 bridgehead atoms. The third kappa shape index (κ3) is 3.56. The Kier molecular flexibility index (Phi) is 4.20. The number of rotatable bonds is 3. The van der Waals surface area contributed by atoms with Gasteiger partial charge in [0.2, 0.25) is 0 Å². The normalized spacial score (nSPS) is 10.2. The SMILES string of the molecule is O=C(NCc1ccsc1)c1cc(Cl)cc(Br)c1. The van der Waals surface area contributed by atoms with Crippen LogP contribution in [0.1, 0.15) is 15.9 Å². The van der Waals surface area contributed by atoms with Crippen molar-refractivity contribution >= 4 is 44.8 Å². The zero-order valence-electron chi connectivity index (χ0n) is 8.74. The number of amides is 1. The highest BCUT2D eigenvalue weighted by Crippen LogP contribution is 2.19. The summed E-state index contributed by atoms with van der Waals surface area (Å²) in [6.45, 7) is 0.534. The van der Waals surface area contributed by atoms with Crippen molar-refractivity contribution in [3.05, 3.63) is 55.6 Å². The molecule has 0 saturated carbocycles. The van der Waals surface area contributed by atoms with Crippen LogP contribution in [0.2, 0.25) is 5.02 Å². The summed E-state index contributed by atoms with van der Waals surface area (Å²) in [6, 6.07) is 7.13. The molecular formula is C12H9BrClNOS. The zero-order valence-corrected chi connectivity index (χ0v) is 11.9. The van der Waals surface area contributed by atoms with E-state index >= 15 is 0 Å². The first kappa shape index (κ1) is 12.6. The summed E-state index contributed by atoms with van der Waals surface area (Å²) in [4.78, 5) is 11.9. The first-order chi connectivity index (χ1) is 8.15. The number of nitrogens with one attached hydrogen (secondary N) is 1. The monoisotopic (exact) mass is 329 g/mol. The van der Waals surface area contributed by atoms with Crippen LogP contribution in [0, 0.1) is 0 Å². The molecule has 0 atom stereocenters. The third-order valence-corrected chi connectivity index (χ3v) is 3.57. The van der Waals surface area contributed by atoms with E-state index in [-0.39, 0.29) is 5.91 Å². The summed E-state index contributed by atoms with van der Waals surface area (Å²) in [5, 5.41) is 7.38. The highest BCUT2D eigenvalue weighted by molar-refractivity contribution is 9.10. The molecule has 0 aliphatic carbocycles. The van der Waals surface area contributed by atoms with Gasteiger partial charge in [-0.2, -0.15) is 11.3 Å². The average Bonchev–Trinajstić information content (AvgIpc) is 2.77. The molecule has 0 aliphatic heterocycles. The van der Waals surface area contributed by atoms with Crippen LogP contribution in [0.25, 0.3) is 0 Å². The van der Waals surface area contributed by atoms with E-state index in [9.17, 15) is 4.79 Å². The van der Waals surface area contributed by atoms with Crippen LogP contribution in [0.4, 0.5) is 0 Å². The van der Waals surface area contributed by atoms with Crippen molar-refractivity contribution in [1.82, 2.24) is 5.32 Å². The molecule has 0 unspecified atom stereocenters. The van der Waals surface area contributed by atoms with Gasteiger partial charge in [0.15, 0.2) is 0 Å². The molecule has 2 aromatic rings. The first-order valence-corrected chi connectivity index (χ1v) is 7.02. The summed E-state index contributed by atoms with van der Waals surface area (Å²) >= 11 is 10.8. The molecule has 1 aromatic carbocycles. The van der Waals surface area contributed by atoms with Crippen LogP contribution >= 0.6 is 38.9 Å². The standard InChI is InChI=1S/C12H9BrClNOS/c13-10-3-9(4-11(14)5-10)12(16)15-6-8-1-2-17-7-8/h1-5,7H,6H2,(H,15,16). The predicted molar refractivity (Wildman–Crippen MR) is 74.6 cm³/mol. The fourth-order valence-corrected chi connectivity index (χ4v) is 2.89. The molecule has 1 amide bonds. The Hall–Kier alpha value is -0.840. The highest BCUT2D eigenvalue weighted by atomic mass is 79.9. The summed E-state index contributed by atoms with van der Waals surface area (Å²) < 4.78 is 0.797. The van der Waals surface area contributed by atoms with Crippen molar-refractivity contribution in [1.29, 1.82) is 0 Å². The molecular weight excluding hydrogens is 322 g/mol. The highest BCUT2D eigenvalue weighted by Gasteiger charge is 2.07. The maximum Gasteiger partial charge on any atom is 0.251 e. The van der Waals surface area contributed by atoms with E-state index in [0.717, 1.165) is 10.0 Å². The number of hydrogen-bond acceptors (Lipinski definition) is 2. The van der Waals surface area contributed by atoms with Gasteiger partial charge in [-0.15, -0.1) is 0 Å². The molecule has 2 nitrogen and oxygen atoms in total. The van der Waals surface area contributed by atoms with Crippen molar-refractivity contribution in [2.75, 3.05) is 0 Å². The van der Waals surface area contributed by atoms with Gasteiger partial charge in [0.1, 0.15) is 0 Å². The van der Waals surface area contributed by atoms with Crippen LogP contribution in [0.15, 0.2) is 39.5 Å². The lowest BCUT2D eigenvalue weighted by Gasteiger charge is -2.05. The van der Waals surface area contributed by atoms with E-state index < -0.39 is 0 Å². The second kappa shape index (κ2) is 5.67. The number of halogens is 2. The lowest BCUT2D eigenvalue weighted by molar-refractivity contribution is 0.0951. The summed E-state index contributed by atoms with van der Waals surface area (Å²) in [5.41, 5.74) is 1.66. The maximum absolute atomic E-state index is 11.9. The second-order valence-corrected chi connectivity index (χ2v) is 5.60. The smallest absolute Gasteiger partial charge is 0.251 e. The molecule has 1 aromatic heterocycles. The van der Waals surface area contributed by atoms with Gasteiger partial charge in [-0.1, -0.05) is 27.5 Å². The van der Waals surface area contributed by atoms with E-state index in [1.165, 1.54) is 0 Å². The summed E-state index contributed by atoms with van der Waals surface area (Å²) in [7, 11) is 0. The van der Waals surface area contributed by atoms with E-state index in [0.29, 0.717) is 17.1 Å². The zero-order chi connectivity index (χ0) is 12.3. The second-order valence-electron chi connectivity index (χ2n) is 3.47. The van der Waals surface area contributed by atoms with Gasteiger partial charge in [0, 0.05) is 21.6 Å². The molecule has 1 N–H and O–H groups in total. The van der Waals surface area contributed by atoms with Crippen molar-refractivity contribution < 1.29 is 4.79 Å². The van der Waals surface area contributed by atoms with Gasteiger partial charge in [-0.05, 0) is 40.6 Å². The van der Waals surface area contributed by atoms with Gasteiger partial charge >= 0.3 is 0 Å². The van der Waals surface area contributed by atoms with Crippen LogP contribution in [-0.4, -0.2) is 5.91 Å². The van der Waals surface area contributed by atoms with E-state index in [1.807, 2.05) is 16.8 Å². The minimum Gasteiger partial charge on any atom is -0.348 e. The molecule has 1 heterocycles. The van der Waals surface area contributed by atoms with Gasteiger partial charge in [0.05, 0.1) is 0 Å². The summed E-state index contributed by atoms with van der Waals surface area (Å²) in [5.74, 6) is -0.126. The number of benzene rings is 1. The van der Waals surface area contributed by atoms with Gasteiger partial charge in [-0.25, -0.2) is 0 Å². The van der Waals surface area contributed by atoms with Gasteiger partial charge < -0.3 is 5.32 Å². The largest absolute Gasteiger partial charge is 0.348 e. The topological polar surface area (TPSA) is 29.1 Å². The Labute approximate surface area is 117 Å². The number of thiophene rings is 1. The molecule has 0 spiro atoms. The molecule has 0 fully saturated rings. The lowest BCUT2D eigenvalue weighted by Crippen LogP contribution is -2.22. The van der Waals surface area contributed by atoms with E-state index in [1.54, 1.807) is 29.5 Å². The first-order valence-electron chi connectivity index (χ1n) is 4.90. The Morgan fingerprint density at radius 2 is 2.24 bits per heavy atom. The number of hydrogen-bond donors (Lipinski definition) is 1. The fraction of sp³-hybridized carbons (Fsp3) is 0.0833. The van der Waals surface area contributed by atoms with Crippen LogP contribution in [0.5, 0.6) is 0 Å². The molecule has 88 valence electrons. The van der Waals surface area contributed by atoms with E-state index in [4.69, 9.17) is 11.6 Å². The van der Waals surface area contributed by atoms with Crippen LogP contribution in [-0.2, 0) is 6.54 Å². The van der Waals surface area contributed by atoms with Crippen LogP contribution in [0.3, 0.4) is 0 Å². The Morgan fingerprint density at radius 3 is 2.88 bits per heavy atom. The molecule has 0 radical (unpaired) electrons. The quantitative estimate of drug-likeness (QED) is 0.902. The lowest BCUT2D eigenvalue weighted by atomic mass is 10.2. The predicted octanol–water partition coefficient (Wildman–Crippen LogP) is 4.09. The minimum absolute atomic E-state index is 0.126. The Bertz CT molecular complexity index is 507. The van der Waals surface area contributed by atoms with Crippen molar-refractivity contribution in [3.8, 4) is 0 Å². The van der Waals surface area contributed by atoms with Gasteiger partial charge in [-0.3, -0.25) is 4.79 Å². The van der Waals surface area contributed by atoms with Crippen molar-refractivity contribution in [3.63, 3.8) is 0 Å². The third-order valence-electron chi connectivity index (χ3n) is 2.16. The maximum atomic E-state index is 11.9. The minimum atomic E-state index is -0.126.